The predicted octanol–water partition coefficient (Wildman–Crippen LogP) is 2.94. The van der Waals surface area contributed by atoms with Crippen molar-refractivity contribution < 1.29 is 19.0 Å². The number of aliphatic hydroxyl groups excluding tert-OH is 1. The first-order valence-electron chi connectivity index (χ1n) is 6.18. The van der Waals surface area contributed by atoms with Crippen LogP contribution in [-0.2, 0) is 6.42 Å². The number of hydrogen-bond acceptors (Lipinski definition) is 4. The lowest BCUT2D eigenvalue weighted by molar-refractivity contribution is 0.182. The molecule has 0 aliphatic heterocycles. The molecule has 2 aromatic rings. The zero-order valence-corrected chi connectivity index (χ0v) is 11.3. The summed E-state index contributed by atoms with van der Waals surface area (Å²) in [6.07, 6.45) is -0.0481. The lowest BCUT2D eigenvalue weighted by Crippen LogP contribution is -2.01. The van der Waals surface area contributed by atoms with Gasteiger partial charge in [0.1, 0.15) is 29.1 Å². The van der Waals surface area contributed by atoms with Gasteiger partial charge >= 0.3 is 0 Å². The average molecular weight is 262 g/mol. The van der Waals surface area contributed by atoms with Crippen LogP contribution in [0.3, 0.4) is 0 Å². The van der Waals surface area contributed by atoms with Crippen LogP contribution in [0, 0.1) is 0 Å². The van der Waals surface area contributed by atoms with E-state index in [0.29, 0.717) is 22.8 Å². The van der Waals surface area contributed by atoms with Gasteiger partial charge in [-0.15, -0.1) is 0 Å². The maximum atomic E-state index is 10.4. The zero-order valence-electron chi connectivity index (χ0n) is 11.3. The van der Waals surface area contributed by atoms with Crippen molar-refractivity contribution >= 4 is 0 Å². The number of ether oxygens (including phenoxy) is 2. The Kier molecular flexibility index (Phi) is 4.12. The quantitative estimate of drug-likeness (QED) is 0.900. The Morgan fingerprint density at radius 3 is 2.53 bits per heavy atom. The van der Waals surface area contributed by atoms with Crippen LogP contribution in [0.4, 0.5) is 0 Å². The van der Waals surface area contributed by atoms with Crippen molar-refractivity contribution in [3.8, 4) is 11.5 Å². The maximum absolute atomic E-state index is 10.4. The molecule has 1 atom stereocenters. The van der Waals surface area contributed by atoms with Gasteiger partial charge < -0.3 is 19.0 Å². The molecule has 0 saturated carbocycles. The average Bonchev–Trinajstić information content (AvgIpc) is 2.94. The molecule has 1 N–H and O–H groups in total. The molecule has 0 saturated heterocycles. The van der Waals surface area contributed by atoms with E-state index in [9.17, 15) is 5.11 Å². The molecule has 1 heterocycles. The minimum absolute atomic E-state index is 0.514. The first-order chi connectivity index (χ1) is 9.19. The van der Waals surface area contributed by atoms with Crippen LogP contribution in [0.25, 0.3) is 0 Å². The molecule has 0 aliphatic carbocycles. The van der Waals surface area contributed by atoms with Crippen molar-refractivity contribution in [1.29, 1.82) is 0 Å². The second-order valence-electron chi connectivity index (χ2n) is 4.17. The fourth-order valence-corrected chi connectivity index (χ4v) is 1.93. The van der Waals surface area contributed by atoms with Gasteiger partial charge in [-0.2, -0.15) is 0 Å². The van der Waals surface area contributed by atoms with Gasteiger partial charge in [0.2, 0.25) is 0 Å². The van der Waals surface area contributed by atoms with Crippen molar-refractivity contribution in [3.63, 3.8) is 0 Å². The molecule has 0 amide bonds. The summed E-state index contributed by atoms with van der Waals surface area (Å²) in [5, 5.41) is 10.4. The highest BCUT2D eigenvalue weighted by atomic mass is 16.5. The number of aliphatic hydroxyl groups is 1. The smallest absolute Gasteiger partial charge is 0.140 e. The number of hydrogen-bond donors (Lipinski definition) is 1. The normalized spacial score (nSPS) is 12.2. The Balaban J connectivity index is 2.34. The second kappa shape index (κ2) is 5.80. The summed E-state index contributed by atoms with van der Waals surface area (Å²) in [6, 6.07) is 8.95. The van der Waals surface area contributed by atoms with Crippen molar-refractivity contribution in [2.75, 3.05) is 14.2 Å². The third-order valence-corrected chi connectivity index (χ3v) is 3.04. The molecule has 1 unspecified atom stereocenters. The van der Waals surface area contributed by atoms with Gasteiger partial charge in [-0.25, -0.2) is 0 Å². The van der Waals surface area contributed by atoms with E-state index in [-0.39, 0.29) is 0 Å². The fourth-order valence-electron chi connectivity index (χ4n) is 1.93. The van der Waals surface area contributed by atoms with Gasteiger partial charge in [0.15, 0.2) is 0 Å². The van der Waals surface area contributed by atoms with Crippen LogP contribution < -0.4 is 9.47 Å². The molecule has 0 radical (unpaired) electrons. The Bertz CT molecular complexity index is 545. The van der Waals surface area contributed by atoms with Crippen LogP contribution >= 0.6 is 0 Å². The van der Waals surface area contributed by atoms with E-state index < -0.39 is 6.10 Å². The highest BCUT2D eigenvalue weighted by Gasteiger charge is 2.19. The molecule has 0 bridgehead atoms. The van der Waals surface area contributed by atoms with E-state index >= 15 is 0 Å². The second-order valence-corrected chi connectivity index (χ2v) is 4.17. The highest BCUT2D eigenvalue weighted by molar-refractivity contribution is 5.44. The van der Waals surface area contributed by atoms with E-state index in [4.69, 9.17) is 13.9 Å². The molecule has 102 valence electrons. The van der Waals surface area contributed by atoms with E-state index in [1.807, 2.05) is 13.0 Å². The Morgan fingerprint density at radius 2 is 1.95 bits per heavy atom. The predicted molar refractivity (Wildman–Crippen MR) is 71.7 cm³/mol. The van der Waals surface area contributed by atoms with Gasteiger partial charge in [0.05, 0.1) is 14.2 Å². The van der Waals surface area contributed by atoms with Crippen molar-refractivity contribution in [2.24, 2.45) is 0 Å². The molecular formula is C15H18O4. The standard InChI is InChI=1S/C15H18O4/c1-4-10-6-8-13(19-10)15(16)12-7-5-11(17-2)9-14(12)18-3/h5-9,15-16H,4H2,1-3H3. The van der Waals surface area contributed by atoms with Gasteiger partial charge in [0.25, 0.3) is 0 Å². The SMILES string of the molecule is CCc1ccc(C(O)c2ccc(OC)cc2OC)o1. The van der Waals surface area contributed by atoms with Crippen LogP contribution in [0.2, 0.25) is 0 Å². The van der Waals surface area contributed by atoms with Crippen molar-refractivity contribution in [3.05, 3.63) is 47.4 Å². The summed E-state index contributed by atoms with van der Waals surface area (Å²) in [5.74, 6) is 2.62. The lowest BCUT2D eigenvalue weighted by Gasteiger charge is -2.14. The molecule has 4 nitrogen and oxygen atoms in total. The van der Waals surface area contributed by atoms with Crippen LogP contribution in [0.1, 0.15) is 30.1 Å². The molecule has 1 aromatic carbocycles. The van der Waals surface area contributed by atoms with Crippen LogP contribution in [0.15, 0.2) is 34.7 Å². The fraction of sp³-hybridized carbons (Fsp3) is 0.333. The molecule has 2 rings (SSSR count). The lowest BCUT2D eigenvalue weighted by atomic mass is 10.1. The summed E-state index contributed by atoms with van der Waals surface area (Å²) in [5.41, 5.74) is 0.653. The van der Waals surface area contributed by atoms with Gasteiger partial charge in [-0.3, -0.25) is 0 Å². The summed E-state index contributed by atoms with van der Waals surface area (Å²) in [6.45, 7) is 2.00. The van der Waals surface area contributed by atoms with Gasteiger partial charge in [-0.05, 0) is 24.3 Å². The van der Waals surface area contributed by atoms with E-state index in [0.717, 1.165) is 12.2 Å². The molecule has 1 aromatic heterocycles. The molecular weight excluding hydrogens is 244 g/mol. The number of rotatable bonds is 5. The molecule has 0 spiro atoms. The summed E-state index contributed by atoms with van der Waals surface area (Å²) in [7, 11) is 3.15. The molecule has 19 heavy (non-hydrogen) atoms. The molecule has 0 fully saturated rings. The van der Waals surface area contributed by atoms with Crippen molar-refractivity contribution in [1.82, 2.24) is 0 Å². The van der Waals surface area contributed by atoms with Gasteiger partial charge in [-0.1, -0.05) is 6.92 Å². The minimum atomic E-state index is -0.846. The maximum Gasteiger partial charge on any atom is 0.140 e. The largest absolute Gasteiger partial charge is 0.497 e. The Labute approximate surface area is 112 Å². The minimum Gasteiger partial charge on any atom is -0.497 e. The first kappa shape index (κ1) is 13.5. The van der Waals surface area contributed by atoms with Crippen molar-refractivity contribution in [2.45, 2.75) is 19.4 Å². The molecule has 0 aliphatic rings. The van der Waals surface area contributed by atoms with Crippen LogP contribution in [-0.4, -0.2) is 19.3 Å². The van der Waals surface area contributed by atoms with Crippen LogP contribution in [0.5, 0.6) is 11.5 Å². The topological polar surface area (TPSA) is 51.8 Å². The zero-order chi connectivity index (χ0) is 13.8. The summed E-state index contributed by atoms with van der Waals surface area (Å²) < 4.78 is 16.0. The van der Waals surface area contributed by atoms with E-state index in [1.165, 1.54) is 0 Å². The van der Waals surface area contributed by atoms with Gasteiger partial charge in [0, 0.05) is 18.1 Å². The summed E-state index contributed by atoms with van der Waals surface area (Å²) in [4.78, 5) is 0. The number of furan rings is 1. The first-order valence-corrected chi connectivity index (χ1v) is 6.18. The third-order valence-electron chi connectivity index (χ3n) is 3.04. The Morgan fingerprint density at radius 1 is 1.16 bits per heavy atom. The summed E-state index contributed by atoms with van der Waals surface area (Å²) >= 11 is 0. The monoisotopic (exact) mass is 262 g/mol. The number of aryl methyl sites for hydroxylation is 1. The Hall–Kier alpha value is -1.94. The number of methoxy groups -OCH3 is 2. The van der Waals surface area contributed by atoms with E-state index in [2.05, 4.69) is 0 Å². The molecule has 4 heteroatoms. The number of benzene rings is 1. The van der Waals surface area contributed by atoms with E-state index in [1.54, 1.807) is 38.5 Å². The third kappa shape index (κ3) is 2.74. The highest BCUT2D eigenvalue weighted by Crippen LogP contribution is 2.33.